The highest BCUT2D eigenvalue weighted by atomic mass is 16.5. The van der Waals surface area contributed by atoms with Crippen molar-refractivity contribution in [2.24, 2.45) is 0 Å². The molecule has 0 radical (unpaired) electrons. The van der Waals surface area contributed by atoms with Crippen molar-refractivity contribution in [2.45, 2.75) is 20.0 Å². The Morgan fingerprint density at radius 3 is 2.63 bits per heavy atom. The molecule has 1 aromatic carbocycles. The quantitative estimate of drug-likeness (QED) is 0.859. The number of rotatable bonds is 4. The summed E-state index contributed by atoms with van der Waals surface area (Å²) in [5, 5.41) is 13.8. The summed E-state index contributed by atoms with van der Waals surface area (Å²) in [6.07, 6.45) is -0.492. The molecular formula is C15H24N2O2. The van der Waals surface area contributed by atoms with Crippen LogP contribution in [0.5, 0.6) is 5.75 Å². The average molecular weight is 264 g/mol. The Balaban J connectivity index is 2.15. The summed E-state index contributed by atoms with van der Waals surface area (Å²) in [5.74, 6) is 0.792. The second-order valence-corrected chi connectivity index (χ2v) is 5.26. The topological polar surface area (TPSA) is 44.7 Å². The second kappa shape index (κ2) is 6.37. The van der Waals surface area contributed by atoms with E-state index in [0.717, 1.165) is 48.6 Å². The fourth-order valence-corrected chi connectivity index (χ4v) is 2.77. The standard InChI is InChI=1S/C15H24N2O2/c1-11-8-12(2)15(14(9-11)19-3)13(18)10-17-6-4-16-5-7-17/h8-9,13,16,18H,4-7,10H2,1-3H3. The number of ether oxygens (including phenoxy) is 1. The minimum atomic E-state index is -0.492. The summed E-state index contributed by atoms with van der Waals surface area (Å²) < 4.78 is 5.43. The lowest BCUT2D eigenvalue weighted by atomic mass is 9.99. The van der Waals surface area contributed by atoms with Gasteiger partial charge in [-0.25, -0.2) is 0 Å². The highest BCUT2D eigenvalue weighted by Crippen LogP contribution is 2.30. The van der Waals surface area contributed by atoms with Crippen LogP contribution in [0, 0.1) is 13.8 Å². The summed E-state index contributed by atoms with van der Waals surface area (Å²) in [7, 11) is 1.66. The maximum absolute atomic E-state index is 10.5. The Morgan fingerprint density at radius 2 is 2.00 bits per heavy atom. The molecule has 0 saturated carbocycles. The Labute approximate surface area is 115 Å². The van der Waals surface area contributed by atoms with E-state index < -0.39 is 6.10 Å². The van der Waals surface area contributed by atoms with Crippen molar-refractivity contribution >= 4 is 0 Å². The number of benzene rings is 1. The Morgan fingerprint density at radius 1 is 1.32 bits per heavy atom. The molecule has 1 heterocycles. The highest BCUT2D eigenvalue weighted by Gasteiger charge is 2.20. The molecule has 19 heavy (non-hydrogen) atoms. The average Bonchev–Trinajstić information content (AvgIpc) is 2.38. The van der Waals surface area contributed by atoms with Gasteiger partial charge in [-0.05, 0) is 31.0 Å². The predicted molar refractivity (Wildman–Crippen MR) is 76.7 cm³/mol. The Kier molecular flexibility index (Phi) is 4.80. The number of aliphatic hydroxyl groups is 1. The molecule has 1 aliphatic heterocycles. The number of nitrogens with one attached hydrogen (secondary N) is 1. The molecule has 0 bridgehead atoms. The molecule has 1 aromatic rings. The fraction of sp³-hybridized carbons (Fsp3) is 0.600. The lowest BCUT2D eigenvalue weighted by molar-refractivity contribution is 0.103. The molecule has 2 rings (SSSR count). The van der Waals surface area contributed by atoms with Crippen molar-refractivity contribution in [1.29, 1.82) is 0 Å². The molecule has 0 amide bonds. The molecule has 1 unspecified atom stereocenters. The molecule has 106 valence electrons. The van der Waals surface area contributed by atoms with Gasteiger partial charge < -0.3 is 15.2 Å². The molecule has 0 aliphatic carbocycles. The minimum absolute atomic E-state index is 0.492. The summed E-state index contributed by atoms with van der Waals surface area (Å²) in [6.45, 7) is 8.72. The second-order valence-electron chi connectivity index (χ2n) is 5.26. The van der Waals surface area contributed by atoms with E-state index in [4.69, 9.17) is 4.74 Å². The van der Waals surface area contributed by atoms with Gasteiger partial charge in [-0.2, -0.15) is 0 Å². The predicted octanol–water partition coefficient (Wildman–Crippen LogP) is 1.25. The third kappa shape index (κ3) is 3.47. The summed E-state index contributed by atoms with van der Waals surface area (Å²) in [5.41, 5.74) is 3.18. The van der Waals surface area contributed by atoms with Gasteiger partial charge in [0.15, 0.2) is 0 Å². The van der Waals surface area contributed by atoms with E-state index in [1.165, 1.54) is 0 Å². The third-order valence-electron chi connectivity index (χ3n) is 3.69. The van der Waals surface area contributed by atoms with Crippen molar-refractivity contribution in [1.82, 2.24) is 10.2 Å². The minimum Gasteiger partial charge on any atom is -0.496 e. The van der Waals surface area contributed by atoms with Crippen LogP contribution in [0.3, 0.4) is 0 Å². The van der Waals surface area contributed by atoms with E-state index >= 15 is 0 Å². The van der Waals surface area contributed by atoms with Crippen molar-refractivity contribution in [3.05, 3.63) is 28.8 Å². The first-order valence-electron chi connectivity index (χ1n) is 6.88. The maximum Gasteiger partial charge on any atom is 0.125 e. The largest absolute Gasteiger partial charge is 0.496 e. The lowest BCUT2D eigenvalue weighted by Crippen LogP contribution is -2.45. The smallest absolute Gasteiger partial charge is 0.125 e. The van der Waals surface area contributed by atoms with Crippen LogP contribution in [0.1, 0.15) is 22.8 Å². The van der Waals surface area contributed by atoms with Crippen LogP contribution < -0.4 is 10.1 Å². The van der Waals surface area contributed by atoms with E-state index in [1.807, 2.05) is 19.9 Å². The number of aliphatic hydroxyl groups excluding tert-OH is 1. The van der Waals surface area contributed by atoms with Crippen LogP contribution in [-0.4, -0.2) is 49.8 Å². The number of piperazine rings is 1. The molecule has 1 aliphatic rings. The highest BCUT2D eigenvalue weighted by molar-refractivity contribution is 5.44. The monoisotopic (exact) mass is 264 g/mol. The molecule has 1 saturated heterocycles. The van der Waals surface area contributed by atoms with Crippen LogP contribution in [0.15, 0.2) is 12.1 Å². The van der Waals surface area contributed by atoms with E-state index in [1.54, 1.807) is 7.11 Å². The SMILES string of the molecule is COc1cc(C)cc(C)c1C(O)CN1CCNCC1. The Bertz CT molecular complexity index is 428. The number of methoxy groups -OCH3 is 1. The first-order valence-corrected chi connectivity index (χ1v) is 6.88. The molecule has 1 atom stereocenters. The van der Waals surface area contributed by atoms with Gasteiger partial charge in [0, 0.05) is 38.3 Å². The van der Waals surface area contributed by atoms with Gasteiger partial charge in [0.05, 0.1) is 13.2 Å². The van der Waals surface area contributed by atoms with Crippen LogP contribution in [-0.2, 0) is 0 Å². The number of aryl methyl sites for hydroxylation is 2. The van der Waals surface area contributed by atoms with Crippen molar-refractivity contribution in [3.8, 4) is 5.75 Å². The maximum atomic E-state index is 10.5. The number of nitrogens with zero attached hydrogens (tertiary/aromatic N) is 1. The van der Waals surface area contributed by atoms with E-state index in [-0.39, 0.29) is 0 Å². The van der Waals surface area contributed by atoms with Gasteiger partial charge in [-0.15, -0.1) is 0 Å². The van der Waals surface area contributed by atoms with Crippen molar-refractivity contribution in [3.63, 3.8) is 0 Å². The number of hydrogen-bond donors (Lipinski definition) is 2. The fourth-order valence-electron chi connectivity index (χ4n) is 2.77. The summed E-state index contributed by atoms with van der Waals surface area (Å²) >= 11 is 0. The Hall–Kier alpha value is -1.10. The van der Waals surface area contributed by atoms with Gasteiger partial charge in [0.1, 0.15) is 5.75 Å². The van der Waals surface area contributed by atoms with Crippen LogP contribution >= 0.6 is 0 Å². The van der Waals surface area contributed by atoms with Gasteiger partial charge >= 0.3 is 0 Å². The zero-order valence-electron chi connectivity index (χ0n) is 12.1. The van der Waals surface area contributed by atoms with Gasteiger partial charge in [0.2, 0.25) is 0 Å². The van der Waals surface area contributed by atoms with Gasteiger partial charge in [0.25, 0.3) is 0 Å². The van der Waals surface area contributed by atoms with Gasteiger partial charge in [-0.3, -0.25) is 4.90 Å². The van der Waals surface area contributed by atoms with Crippen LogP contribution in [0.2, 0.25) is 0 Å². The molecule has 0 spiro atoms. The molecule has 4 nitrogen and oxygen atoms in total. The van der Waals surface area contributed by atoms with Gasteiger partial charge in [-0.1, -0.05) is 6.07 Å². The van der Waals surface area contributed by atoms with Crippen molar-refractivity contribution in [2.75, 3.05) is 39.8 Å². The zero-order valence-corrected chi connectivity index (χ0v) is 12.1. The van der Waals surface area contributed by atoms with E-state index in [9.17, 15) is 5.11 Å². The summed E-state index contributed by atoms with van der Waals surface area (Å²) in [4.78, 5) is 2.29. The van der Waals surface area contributed by atoms with Crippen LogP contribution in [0.4, 0.5) is 0 Å². The number of hydrogen-bond acceptors (Lipinski definition) is 4. The molecule has 4 heteroatoms. The van der Waals surface area contributed by atoms with E-state index in [0.29, 0.717) is 6.54 Å². The molecule has 2 N–H and O–H groups in total. The molecule has 0 aromatic heterocycles. The normalized spacial score (nSPS) is 18.3. The molecular weight excluding hydrogens is 240 g/mol. The first kappa shape index (κ1) is 14.3. The summed E-state index contributed by atoms with van der Waals surface area (Å²) in [6, 6.07) is 4.09. The molecule has 1 fully saturated rings. The lowest BCUT2D eigenvalue weighted by Gasteiger charge is -2.30. The third-order valence-corrected chi connectivity index (χ3v) is 3.69. The first-order chi connectivity index (χ1) is 9.11. The van der Waals surface area contributed by atoms with Crippen molar-refractivity contribution < 1.29 is 9.84 Å². The number of β-amino-alcohol motifs (C(OH)–C–C–N with tert-alkyl or cyclic N) is 1. The van der Waals surface area contributed by atoms with E-state index in [2.05, 4.69) is 16.3 Å². The van der Waals surface area contributed by atoms with Crippen LogP contribution in [0.25, 0.3) is 0 Å². The zero-order chi connectivity index (χ0) is 13.8.